The van der Waals surface area contributed by atoms with Crippen molar-refractivity contribution in [3.8, 4) is 5.75 Å². The van der Waals surface area contributed by atoms with Crippen LogP contribution in [0.25, 0.3) is 0 Å². The fourth-order valence-electron chi connectivity index (χ4n) is 3.24. The zero-order valence-corrected chi connectivity index (χ0v) is 11.3. The van der Waals surface area contributed by atoms with Crippen molar-refractivity contribution in [1.82, 2.24) is 0 Å². The Balaban J connectivity index is 1.90. The molecule has 0 saturated heterocycles. The smallest absolute Gasteiger partial charge is 0.167 e. The second-order valence-electron chi connectivity index (χ2n) is 5.56. The summed E-state index contributed by atoms with van der Waals surface area (Å²) >= 11 is 0. The largest absolute Gasteiger partial charge is 0.494 e. The summed E-state index contributed by atoms with van der Waals surface area (Å²) in [4.78, 5) is 0. The molecule has 0 amide bonds. The standard InChI is InChI=1S/C15H21FN2O/c1-19-15-8-14-13(7-11(15)16)17-9-10-5-3-2-4-6-12(10)18-14/h7-8,10,12,17-18H,2-6,9H2,1H3. The van der Waals surface area contributed by atoms with Crippen LogP contribution in [0.15, 0.2) is 12.1 Å². The molecular weight excluding hydrogens is 243 g/mol. The van der Waals surface area contributed by atoms with E-state index in [1.165, 1.54) is 45.3 Å². The Morgan fingerprint density at radius 3 is 2.84 bits per heavy atom. The third-order valence-electron chi connectivity index (χ3n) is 4.35. The summed E-state index contributed by atoms with van der Waals surface area (Å²) in [6, 6.07) is 3.79. The van der Waals surface area contributed by atoms with E-state index < -0.39 is 0 Å². The van der Waals surface area contributed by atoms with E-state index in [-0.39, 0.29) is 5.82 Å². The van der Waals surface area contributed by atoms with Crippen molar-refractivity contribution in [2.45, 2.75) is 38.1 Å². The lowest BCUT2D eigenvalue weighted by atomic mass is 9.95. The van der Waals surface area contributed by atoms with Crippen LogP contribution in [0.5, 0.6) is 5.75 Å². The predicted molar refractivity (Wildman–Crippen MR) is 75.4 cm³/mol. The van der Waals surface area contributed by atoms with Crippen molar-refractivity contribution in [3.05, 3.63) is 17.9 Å². The molecule has 2 aliphatic rings. The van der Waals surface area contributed by atoms with Gasteiger partial charge in [0.25, 0.3) is 0 Å². The molecule has 0 bridgehead atoms. The molecule has 2 unspecified atom stereocenters. The number of nitrogens with one attached hydrogen (secondary N) is 2. The quantitative estimate of drug-likeness (QED) is 0.812. The Kier molecular flexibility index (Phi) is 3.49. The SMILES string of the molecule is COc1cc2c(cc1F)NCC1CCCCCC1N2. The van der Waals surface area contributed by atoms with Gasteiger partial charge in [-0.15, -0.1) is 0 Å². The molecule has 1 aliphatic carbocycles. The minimum absolute atomic E-state index is 0.306. The Bertz CT molecular complexity index is 464. The molecule has 104 valence electrons. The van der Waals surface area contributed by atoms with E-state index in [9.17, 15) is 4.39 Å². The first kappa shape index (κ1) is 12.6. The summed E-state index contributed by atoms with van der Waals surface area (Å²) in [5.41, 5.74) is 1.82. The zero-order chi connectivity index (χ0) is 13.2. The Labute approximate surface area is 113 Å². The average molecular weight is 264 g/mol. The molecule has 1 saturated carbocycles. The van der Waals surface area contributed by atoms with Crippen LogP contribution in [0.4, 0.5) is 15.8 Å². The van der Waals surface area contributed by atoms with Crippen molar-refractivity contribution in [2.24, 2.45) is 5.92 Å². The van der Waals surface area contributed by atoms with Crippen molar-refractivity contribution in [2.75, 3.05) is 24.3 Å². The van der Waals surface area contributed by atoms with E-state index >= 15 is 0 Å². The first-order valence-corrected chi connectivity index (χ1v) is 7.16. The third-order valence-corrected chi connectivity index (χ3v) is 4.35. The van der Waals surface area contributed by atoms with Crippen LogP contribution in [0.1, 0.15) is 32.1 Å². The Morgan fingerprint density at radius 2 is 2.00 bits per heavy atom. The topological polar surface area (TPSA) is 33.3 Å². The molecule has 1 aromatic carbocycles. The fourth-order valence-corrected chi connectivity index (χ4v) is 3.24. The second kappa shape index (κ2) is 5.27. The van der Waals surface area contributed by atoms with Gasteiger partial charge >= 0.3 is 0 Å². The summed E-state index contributed by atoms with van der Waals surface area (Å²) in [5, 5.41) is 6.98. The van der Waals surface area contributed by atoms with Gasteiger partial charge in [-0.05, 0) is 18.8 Å². The molecule has 1 heterocycles. The van der Waals surface area contributed by atoms with Gasteiger partial charge in [-0.2, -0.15) is 0 Å². The number of anilines is 2. The molecule has 0 radical (unpaired) electrons. The molecule has 3 rings (SSSR count). The van der Waals surface area contributed by atoms with E-state index in [1.54, 1.807) is 6.07 Å². The number of benzene rings is 1. The lowest BCUT2D eigenvalue weighted by Crippen LogP contribution is -2.30. The van der Waals surface area contributed by atoms with Crippen molar-refractivity contribution in [3.63, 3.8) is 0 Å². The number of rotatable bonds is 1. The maximum absolute atomic E-state index is 13.8. The summed E-state index contributed by atoms with van der Waals surface area (Å²) in [7, 11) is 1.50. The van der Waals surface area contributed by atoms with Crippen molar-refractivity contribution < 1.29 is 9.13 Å². The predicted octanol–water partition coefficient (Wildman–Crippen LogP) is 3.62. The summed E-state index contributed by atoms with van der Waals surface area (Å²) in [5.74, 6) is 0.627. The lowest BCUT2D eigenvalue weighted by molar-refractivity contribution is 0.387. The zero-order valence-electron chi connectivity index (χ0n) is 11.3. The van der Waals surface area contributed by atoms with Gasteiger partial charge in [0, 0.05) is 24.7 Å². The number of fused-ring (bicyclic) bond motifs is 2. The number of hydrogen-bond acceptors (Lipinski definition) is 3. The number of hydrogen-bond donors (Lipinski definition) is 2. The monoisotopic (exact) mass is 264 g/mol. The fraction of sp³-hybridized carbons (Fsp3) is 0.600. The average Bonchev–Trinajstić information content (AvgIpc) is 2.71. The van der Waals surface area contributed by atoms with Crippen molar-refractivity contribution >= 4 is 11.4 Å². The van der Waals surface area contributed by atoms with Crippen LogP contribution in [0.2, 0.25) is 0 Å². The lowest BCUT2D eigenvalue weighted by Gasteiger charge is -2.23. The van der Waals surface area contributed by atoms with Crippen LogP contribution in [0, 0.1) is 11.7 Å². The molecule has 2 atom stereocenters. The number of halogens is 1. The van der Waals surface area contributed by atoms with Crippen LogP contribution in [-0.2, 0) is 0 Å². The highest BCUT2D eigenvalue weighted by molar-refractivity contribution is 5.72. The van der Waals surface area contributed by atoms with E-state index in [2.05, 4.69) is 10.6 Å². The summed E-state index contributed by atoms with van der Waals surface area (Å²) in [6.07, 6.45) is 6.36. The van der Waals surface area contributed by atoms with Gasteiger partial charge in [0.05, 0.1) is 18.5 Å². The minimum Gasteiger partial charge on any atom is -0.494 e. The molecule has 19 heavy (non-hydrogen) atoms. The van der Waals surface area contributed by atoms with E-state index in [1.807, 2.05) is 0 Å². The van der Waals surface area contributed by atoms with Crippen LogP contribution < -0.4 is 15.4 Å². The van der Waals surface area contributed by atoms with E-state index in [0.29, 0.717) is 17.7 Å². The van der Waals surface area contributed by atoms with Gasteiger partial charge < -0.3 is 15.4 Å². The van der Waals surface area contributed by atoms with E-state index in [4.69, 9.17) is 4.74 Å². The summed E-state index contributed by atoms with van der Waals surface area (Å²) < 4.78 is 18.8. The molecule has 2 N–H and O–H groups in total. The molecule has 4 heteroatoms. The molecule has 1 aliphatic heterocycles. The molecular formula is C15H21FN2O. The molecule has 0 spiro atoms. The van der Waals surface area contributed by atoms with Gasteiger partial charge in [-0.1, -0.05) is 19.3 Å². The molecule has 0 aromatic heterocycles. The molecule has 1 aromatic rings. The minimum atomic E-state index is -0.308. The highest BCUT2D eigenvalue weighted by Gasteiger charge is 2.27. The number of methoxy groups -OCH3 is 1. The molecule has 1 fully saturated rings. The van der Waals surface area contributed by atoms with Gasteiger partial charge in [0.1, 0.15) is 0 Å². The van der Waals surface area contributed by atoms with Crippen LogP contribution in [0.3, 0.4) is 0 Å². The van der Waals surface area contributed by atoms with Gasteiger partial charge in [0.15, 0.2) is 11.6 Å². The molecule has 3 nitrogen and oxygen atoms in total. The van der Waals surface area contributed by atoms with Crippen LogP contribution >= 0.6 is 0 Å². The second-order valence-corrected chi connectivity index (χ2v) is 5.56. The Morgan fingerprint density at radius 1 is 1.16 bits per heavy atom. The first-order chi connectivity index (χ1) is 9.28. The maximum Gasteiger partial charge on any atom is 0.167 e. The van der Waals surface area contributed by atoms with Gasteiger partial charge in [0.2, 0.25) is 0 Å². The third kappa shape index (κ3) is 2.48. The normalized spacial score (nSPS) is 26.0. The van der Waals surface area contributed by atoms with Crippen molar-refractivity contribution in [1.29, 1.82) is 0 Å². The van der Waals surface area contributed by atoms with Gasteiger partial charge in [-0.25, -0.2) is 4.39 Å². The highest BCUT2D eigenvalue weighted by atomic mass is 19.1. The number of ether oxygens (including phenoxy) is 1. The summed E-state index contributed by atoms with van der Waals surface area (Å²) in [6.45, 7) is 0.927. The van der Waals surface area contributed by atoms with E-state index in [0.717, 1.165) is 17.9 Å². The highest BCUT2D eigenvalue weighted by Crippen LogP contribution is 2.36. The van der Waals surface area contributed by atoms with Crippen LogP contribution in [-0.4, -0.2) is 19.7 Å². The Hall–Kier alpha value is -1.45. The first-order valence-electron chi connectivity index (χ1n) is 7.16. The maximum atomic E-state index is 13.8. The van der Waals surface area contributed by atoms with Gasteiger partial charge in [-0.3, -0.25) is 0 Å².